The molecule has 0 aliphatic carbocycles. The Morgan fingerprint density at radius 2 is 1.79 bits per heavy atom. The van der Waals surface area contributed by atoms with Crippen molar-refractivity contribution in [3.8, 4) is 6.07 Å². The van der Waals surface area contributed by atoms with Crippen molar-refractivity contribution in [2.45, 2.75) is 18.9 Å². The molecule has 1 heterocycles. The van der Waals surface area contributed by atoms with Gasteiger partial charge in [0.15, 0.2) is 0 Å². The minimum atomic E-state index is -0.558. The molecule has 0 saturated carbocycles. The van der Waals surface area contributed by atoms with E-state index >= 15 is 0 Å². The van der Waals surface area contributed by atoms with Crippen LogP contribution in [0.4, 0.5) is 5.69 Å². The highest BCUT2D eigenvalue weighted by Crippen LogP contribution is 2.21. The summed E-state index contributed by atoms with van der Waals surface area (Å²) < 4.78 is 1.51. The number of hydrogen-bond donors (Lipinski definition) is 3. The van der Waals surface area contributed by atoms with Crippen molar-refractivity contribution in [2.24, 2.45) is 7.05 Å². The van der Waals surface area contributed by atoms with Crippen molar-refractivity contribution in [1.82, 2.24) is 14.9 Å². The lowest BCUT2D eigenvalue weighted by Crippen LogP contribution is -2.35. The predicted molar refractivity (Wildman–Crippen MR) is 129 cm³/mol. The Morgan fingerprint density at radius 1 is 1.06 bits per heavy atom. The second-order valence-corrected chi connectivity index (χ2v) is 8.10. The first kappa shape index (κ1) is 22.1. The quantitative estimate of drug-likeness (QED) is 0.407. The molecule has 0 aliphatic rings. The first-order valence-corrected chi connectivity index (χ1v) is 10.7. The van der Waals surface area contributed by atoms with Crippen LogP contribution in [0.2, 0.25) is 0 Å². The molecule has 7 nitrogen and oxygen atoms in total. The van der Waals surface area contributed by atoms with Crippen molar-refractivity contribution in [3.63, 3.8) is 0 Å². The van der Waals surface area contributed by atoms with Crippen LogP contribution in [0.25, 0.3) is 11.0 Å². The zero-order valence-corrected chi connectivity index (χ0v) is 18.5. The fourth-order valence-electron chi connectivity index (χ4n) is 3.82. The minimum absolute atomic E-state index is 0.141. The van der Waals surface area contributed by atoms with Crippen LogP contribution in [0, 0.1) is 11.3 Å². The van der Waals surface area contributed by atoms with Crippen molar-refractivity contribution < 1.29 is 4.79 Å². The predicted octanol–water partition coefficient (Wildman–Crippen LogP) is 3.81. The number of hydrogen-bond acceptors (Lipinski definition) is 4. The number of carbonyl (C=O) groups is 1. The summed E-state index contributed by atoms with van der Waals surface area (Å²) in [5, 5.41) is 15.4. The molecular formula is C26H25N5O2. The molecule has 1 amide bonds. The molecule has 0 unspecified atom stereocenters. The Morgan fingerprint density at radius 3 is 2.48 bits per heavy atom. The average Bonchev–Trinajstić information content (AvgIpc) is 3.12. The van der Waals surface area contributed by atoms with Crippen LogP contribution in [0.5, 0.6) is 0 Å². The highest BCUT2D eigenvalue weighted by Gasteiger charge is 2.21. The van der Waals surface area contributed by atoms with Gasteiger partial charge < -0.3 is 15.6 Å². The van der Waals surface area contributed by atoms with Gasteiger partial charge in [0, 0.05) is 19.3 Å². The zero-order chi connectivity index (χ0) is 23.4. The van der Waals surface area contributed by atoms with Gasteiger partial charge in [-0.15, -0.1) is 0 Å². The van der Waals surface area contributed by atoms with E-state index in [1.807, 2.05) is 42.5 Å². The number of nitriles is 1. The third-order valence-corrected chi connectivity index (χ3v) is 5.80. The maximum absolute atomic E-state index is 13.3. The molecule has 33 heavy (non-hydrogen) atoms. The smallest absolute Gasteiger partial charge is 0.324 e. The number of nitrogens with one attached hydrogen (secondary N) is 3. The molecule has 7 heteroatoms. The van der Waals surface area contributed by atoms with Gasteiger partial charge in [-0.3, -0.25) is 9.36 Å². The van der Waals surface area contributed by atoms with E-state index in [-0.39, 0.29) is 17.5 Å². The number of nitrogens with zero attached hydrogens (tertiary/aromatic N) is 2. The van der Waals surface area contributed by atoms with Gasteiger partial charge in [0.1, 0.15) is 6.04 Å². The molecule has 0 spiro atoms. The van der Waals surface area contributed by atoms with Crippen LogP contribution in [0.15, 0.2) is 77.6 Å². The minimum Gasteiger partial charge on any atom is -0.324 e. The van der Waals surface area contributed by atoms with Crippen LogP contribution in [0.3, 0.4) is 0 Å². The summed E-state index contributed by atoms with van der Waals surface area (Å²) in [6, 6.07) is 24.0. The Bertz CT molecular complexity index is 1360. The molecule has 0 aliphatic heterocycles. The van der Waals surface area contributed by atoms with Crippen LogP contribution < -0.4 is 16.3 Å². The Hall–Kier alpha value is -4.15. The van der Waals surface area contributed by atoms with E-state index in [0.717, 1.165) is 22.2 Å². The molecule has 3 aromatic carbocycles. The molecule has 166 valence electrons. The number of aromatic amines is 1. The number of imidazole rings is 1. The molecule has 0 bridgehead atoms. The molecular weight excluding hydrogens is 414 g/mol. The van der Waals surface area contributed by atoms with Crippen molar-refractivity contribution in [2.75, 3.05) is 11.9 Å². The Kier molecular flexibility index (Phi) is 6.38. The van der Waals surface area contributed by atoms with E-state index in [4.69, 9.17) is 5.26 Å². The van der Waals surface area contributed by atoms with Crippen LogP contribution >= 0.6 is 0 Å². The fraction of sp³-hybridized carbons (Fsp3) is 0.192. The SMILES string of the molecule is C[C@H](CN[C@H](C(=O)Nc1ccc2[nH]c(=O)n(C)c2c1)c1ccccc1)c1ccc(C#N)cc1. The van der Waals surface area contributed by atoms with Gasteiger partial charge in [0.05, 0.1) is 22.7 Å². The molecule has 0 fully saturated rings. The van der Waals surface area contributed by atoms with Crippen LogP contribution in [-0.2, 0) is 11.8 Å². The largest absolute Gasteiger partial charge is 0.326 e. The summed E-state index contributed by atoms with van der Waals surface area (Å²) in [6.45, 7) is 2.65. The summed E-state index contributed by atoms with van der Waals surface area (Å²) in [6.07, 6.45) is 0. The van der Waals surface area contributed by atoms with Crippen LogP contribution in [-0.4, -0.2) is 22.0 Å². The van der Waals surface area contributed by atoms with Gasteiger partial charge >= 0.3 is 5.69 Å². The van der Waals surface area contributed by atoms with E-state index < -0.39 is 6.04 Å². The average molecular weight is 440 g/mol. The lowest BCUT2D eigenvalue weighted by atomic mass is 9.98. The van der Waals surface area contributed by atoms with E-state index in [2.05, 4.69) is 28.6 Å². The number of amides is 1. The monoisotopic (exact) mass is 439 g/mol. The third-order valence-electron chi connectivity index (χ3n) is 5.80. The second-order valence-electron chi connectivity index (χ2n) is 8.10. The van der Waals surface area contributed by atoms with Crippen molar-refractivity contribution in [3.05, 3.63) is 100.0 Å². The van der Waals surface area contributed by atoms with E-state index in [0.29, 0.717) is 17.8 Å². The number of aryl methyl sites for hydroxylation is 1. The van der Waals surface area contributed by atoms with E-state index in [1.165, 1.54) is 4.57 Å². The molecule has 3 N–H and O–H groups in total. The Balaban J connectivity index is 1.53. The van der Waals surface area contributed by atoms with Crippen molar-refractivity contribution >= 4 is 22.6 Å². The van der Waals surface area contributed by atoms with E-state index in [1.54, 1.807) is 37.4 Å². The number of H-pyrrole nitrogens is 1. The second kappa shape index (κ2) is 9.55. The lowest BCUT2D eigenvalue weighted by molar-refractivity contribution is -0.118. The van der Waals surface area contributed by atoms with Gasteiger partial charge in [-0.25, -0.2) is 4.79 Å². The molecule has 1 aromatic heterocycles. The first-order chi connectivity index (χ1) is 16.0. The summed E-state index contributed by atoms with van der Waals surface area (Å²) in [5.74, 6) is -0.0457. The number of benzene rings is 3. The highest BCUT2D eigenvalue weighted by atomic mass is 16.2. The fourth-order valence-corrected chi connectivity index (χ4v) is 3.82. The molecule has 0 saturated heterocycles. The zero-order valence-electron chi connectivity index (χ0n) is 18.5. The summed E-state index contributed by atoms with van der Waals surface area (Å²) in [4.78, 5) is 27.9. The number of rotatable bonds is 7. The van der Waals surface area contributed by atoms with Crippen molar-refractivity contribution in [1.29, 1.82) is 5.26 Å². The number of carbonyl (C=O) groups excluding carboxylic acids is 1. The number of fused-ring (bicyclic) bond motifs is 1. The molecule has 0 radical (unpaired) electrons. The first-order valence-electron chi connectivity index (χ1n) is 10.7. The molecule has 4 aromatic rings. The number of anilines is 1. The third kappa shape index (κ3) is 4.86. The maximum atomic E-state index is 13.3. The van der Waals surface area contributed by atoms with Gasteiger partial charge in [-0.2, -0.15) is 5.26 Å². The topological polar surface area (TPSA) is 103 Å². The van der Waals surface area contributed by atoms with Gasteiger partial charge in [-0.1, -0.05) is 49.4 Å². The lowest BCUT2D eigenvalue weighted by Gasteiger charge is -2.22. The Labute approximate surface area is 191 Å². The summed E-state index contributed by atoms with van der Waals surface area (Å²) >= 11 is 0. The van der Waals surface area contributed by atoms with Gasteiger partial charge in [0.2, 0.25) is 5.91 Å². The summed E-state index contributed by atoms with van der Waals surface area (Å²) in [5.41, 5.74) is 4.42. The van der Waals surface area contributed by atoms with E-state index in [9.17, 15) is 9.59 Å². The maximum Gasteiger partial charge on any atom is 0.326 e. The highest BCUT2D eigenvalue weighted by molar-refractivity contribution is 5.97. The van der Waals surface area contributed by atoms with Gasteiger partial charge in [-0.05, 0) is 47.4 Å². The number of aromatic nitrogens is 2. The summed E-state index contributed by atoms with van der Waals surface area (Å²) in [7, 11) is 1.69. The standard InChI is InChI=1S/C26H25N5O2/c1-17(19-10-8-18(15-27)9-11-19)16-28-24(20-6-4-3-5-7-20)25(32)29-21-12-13-22-23(14-21)31(2)26(33)30-22/h3-14,17,24,28H,16H2,1-2H3,(H,29,32)(H,30,33)/t17-,24+/m1/s1. The molecule has 2 atom stereocenters. The molecule has 4 rings (SSSR count). The van der Waals surface area contributed by atoms with Crippen LogP contribution in [0.1, 0.15) is 35.6 Å². The van der Waals surface area contributed by atoms with Gasteiger partial charge in [0.25, 0.3) is 0 Å². The normalized spacial score (nSPS) is 12.8.